The zero-order valence-electron chi connectivity index (χ0n) is 11.8. The van der Waals surface area contributed by atoms with Crippen molar-refractivity contribution in [1.29, 1.82) is 0 Å². The molecule has 0 N–H and O–H groups in total. The van der Waals surface area contributed by atoms with Gasteiger partial charge in [0.05, 0.1) is 16.5 Å². The number of nitrogens with zero attached hydrogens (tertiary/aromatic N) is 2. The smallest absolute Gasteiger partial charge is 0.409 e. The van der Waals surface area contributed by atoms with Crippen LogP contribution in [0, 0.1) is 20.2 Å². The summed E-state index contributed by atoms with van der Waals surface area (Å²) in [6, 6.07) is 10.7. The molecule has 0 atom stereocenters. The quantitative estimate of drug-likeness (QED) is 0.446. The van der Waals surface area contributed by atoms with Crippen LogP contribution in [0.15, 0.2) is 48.5 Å². The molecular weight excluding hydrogens is 327 g/mol. The van der Waals surface area contributed by atoms with Crippen LogP contribution in [-0.2, 0) is 4.57 Å². The fraction of sp³-hybridized carbons (Fsp3) is 0.0769. The molecule has 0 aliphatic rings. The Morgan fingerprint density at radius 3 is 1.52 bits per heavy atom. The lowest BCUT2D eigenvalue weighted by Gasteiger charge is -2.15. The van der Waals surface area contributed by atoms with Crippen molar-refractivity contribution in [2.75, 3.05) is 6.66 Å². The zero-order chi connectivity index (χ0) is 17.0. The highest BCUT2D eigenvalue weighted by atomic mass is 31.2. The van der Waals surface area contributed by atoms with Gasteiger partial charge in [-0.05, 0) is 12.1 Å². The van der Waals surface area contributed by atoms with Gasteiger partial charge in [0.25, 0.3) is 0 Å². The normalized spacial score (nSPS) is 10.8. The third-order valence-electron chi connectivity index (χ3n) is 2.65. The Bertz CT molecular complexity index is 745. The van der Waals surface area contributed by atoms with Gasteiger partial charge in [0, 0.05) is 12.1 Å². The lowest BCUT2D eigenvalue weighted by Crippen LogP contribution is -2.03. The molecule has 10 heteroatoms. The highest BCUT2D eigenvalue weighted by Gasteiger charge is 2.28. The van der Waals surface area contributed by atoms with Crippen LogP contribution in [0.2, 0.25) is 0 Å². The van der Waals surface area contributed by atoms with Gasteiger partial charge in [-0.25, -0.2) is 4.57 Å². The average molecular weight is 338 g/mol. The van der Waals surface area contributed by atoms with Crippen LogP contribution in [-0.4, -0.2) is 16.5 Å². The Balaban J connectivity index is 2.29. The second-order valence-corrected chi connectivity index (χ2v) is 6.31. The molecule has 0 aromatic heterocycles. The van der Waals surface area contributed by atoms with Gasteiger partial charge >= 0.3 is 19.0 Å². The van der Waals surface area contributed by atoms with E-state index in [1.54, 1.807) is 0 Å². The molecule has 0 aliphatic carbocycles. The van der Waals surface area contributed by atoms with Gasteiger partial charge in [-0.2, -0.15) is 0 Å². The number of rotatable bonds is 6. The molecule has 2 aromatic carbocycles. The van der Waals surface area contributed by atoms with E-state index in [1.165, 1.54) is 48.5 Å². The maximum atomic E-state index is 12.4. The number of nitro groups is 2. The highest BCUT2D eigenvalue weighted by molar-refractivity contribution is 7.53. The minimum atomic E-state index is -3.88. The molecule has 0 amide bonds. The Morgan fingerprint density at radius 2 is 1.17 bits per heavy atom. The molecule has 0 unspecified atom stereocenters. The summed E-state index contributed by atoms with van der Waals surface area (Å²) < 4.78 is 22.6. The minimum absolute atomic E-state index is 0.248. The maximum Gasteiger partial charge on any atom is 0.428 e. The van der Waals surface area contributed by atoms with Crippen molar-refractivity contribution in [3.05, 3.63) is 68.8 Å². The largest absolute Gasteiger partial charge is 0.428 e. The van der Waals surface area contributed by atoms with Crippen LogP contribution in [0.3, 0.4) is 0 Å². The summed E-state index contributed by atoms with van der Waals surface area (Å²) >= 11 is 0. The first-order chi connectivity index (χ1) is 10.8. The molecule has 0 heterocycles. The zero-order valence-corrected chi connectivity index (χ0v) is 12.7. The predicted octanol–water partition coefficient (Wildman–Crippen LogP) is 3.78. The summed E-state index contributed by atoms with van der Waals surface area (Å²) in [6.45, 7) is 1.07. The first-order valence-electron chi connectivity index (χ1n) is 6.24. The van der Waals surface area contributed by atoms with E-state index < -0.39 is 17.4 Å². The fourth-order valence-electron chi connectivity index (χ4n) is 1.75. The number of hydrogen-bond acceptors (Lipinski definition) is 7. The number of hydrogen-bond donors (Lipinski definition) is 0. The van der Waals surface area contributed by atoms with Crippen molar-refractivity contribution >= 4 is 19.0 Å². The molecule has 0 saturated heterocycles. The van der Waals surface area contributed by atoms with Crippen LogP contribution in [0.5, 0.6) is 11.5 Å². The van der Waals surface area contributed by atoms with E-state index in [2.05, 4.69) is 0 Å². The minimum Gasteiger partial charge on any atom is -0.409 e. The monoisotopic (exact) mass is 338 g/mol. The maximum absolute atomic E-state index is 12.4. The molecule has 0 bridgehead atoms. The Labute approximate surface area is 130 Å². The van der Waals surface area contributed by atoms with Gasteiger partial charge in [-0.3, -0.25) is 20.2 Å². The Kier molecular flexibility index (Phi) is 4.61. The molecule has 0 aliphatic heterocycles. The molecule has 23 heavy (non-hydrogen) atoms. The molecule has 9 nitrogen and oxygen atoms in total. The number of nitro benzene ring substituents is 2. The lowest BCUT2D eigenvalue weighted by atomic mass is 10.3. The summed E-state index contributed by atoms with van der Waals surface area (Å²) in [7, 11) is -3.88. The topological polar surface area (TPSA) is 122 Å². The summed E-state index contributed by atoms with van der Waals surface area (Å²) in [5, 5.41) is 21.8. The molecular formula is C13H11N2O7P. The van der Waals surface area contributed by atoms with Crippen LogP contribution in [0.1, 0.15) is 0 Å². The first kappa shape index (κ1) is 16.4. The fourth-order valence-corrected chi connectivity index (χ4v) is 2.81. The summed E-state index contributed by atoms with van der Waals surface area (Å²) in [5.74, 6) is -0.496. The van der Waals surface area contributed by atoms with E-state index in [4.69, 9.17) is 9.05 Å². The third kappa shape index (κ3) is 4.04. The van der Waals surface area contributed by atoms with Crippen molar-refractivity contribution in [2.45, 2.75) is 0 Å². The standard InChI is InChI=1S/C13H11N2O7P/c1-23(20,21-12-8-4-2-6-10(12)14(16)17)22-13-9-5-3-7-11(13)15(18)19/h2-9H,1H3. The summed E-state index contributed by atoms with van der Waals surface area (Å²) in [4.78, 5) is 20.4. The van der Waals surface area contributed by atoms with Gasteiger partial charge < -0.3 is 9.05 Å². The summed E-state index contributed by atoms with van der Waals surface area (Å²) in [5.41, 5.74) is -0.776. The SMILES string of the molecule is CP(=O)(Oc1ccccc1[N+](=O)[O-])Oc1ccccc1[N+](=O)[O-]. The molecule has 0 spiro atoms. The molecule has 0 fully saturated rings. The van der Waals surface area contributed by atoms with E-state index in [0.717, 1.165) is 6.66 Å². The molecule has 120 valence electrons. The molecule has 2 rings (SSSR count). The molecule has 2 aromatic rings. The van der Waals surface area contributed by atoms with Crippen molar-refractivity contribution in [2.24, 2.45) is 0 Å². The Morgan fingerprint density at radius 1 is 0.826 bits per heavy atom. The summed E-state index contributed by atoms with van der Waals surface area (Å²) in [6.07, 6.45) is 0. The van der Waals surface area contributed by atoms with Crippen LogP contribution >= 0.6 is 7.60 Å². The second-order valence-electron chi connectivity index (χ2n) is 4.40. The van der Waals surface area contributed by atoms with Gasteiger partial charge in [0.15, 0.2) is 0 Å². The lowest BCUT2D eigenvalue weighted by molar-refractivity contribution is -0.385. The van der Waals surface area contributed by atoms with Gasteiger partial charge in [0.1, 0.15) is 0 Å². The number of benzene rings is 2. The average Bonchev–Trinajstić information content (AvgIpc) is 2.47. The van der Waals surface area contributed by atoms with Crippen molar-refractivity contribution in [3.63, 3.8) is 0 Å². The van der Waals surface area contributed by atoms with Gasteiger partial charge in [-0.1, -0.05) is 24.3 Å². The number of para-hydroxylation sites is 4. The first-order valence-corrected chi connectivity index (χ1v) is 8.23. The van der Waals surface area contributed by atoms with Crippen molar-refractivity contribution < 1.29 is 23.5 Å². The highest BCUT2D eigenvalue weighted by Crippen LogP contribution is 2.48. The van der Waals surface area contributed by atoms with E-state index in [9.17, 15) is 24.8 Å². The predicted molar refractivity (Wildman–Crippen MR) is 81.0 cm³/mol. The van der Waals surface area contributed by atoms with E-state index >= 15 is 0 Å². The van der Waals surface area contributed by atoms with E-state index in [1.807, 2.05) is 0 Å². The second kappa shape index (κ2) is 6.45. The van der Waals surface area contributed by atoms with Crippen LogP contribution in [0.4, 0.5) is 11.4 Å². The van der Waals surface area contributed by atoms with Gasteiger partial charge in [0.2, 0.25) is 11.5 Å². The molecule has 0 saturated carbocycles. The third-order valence-corrected chi connectivity index (χ3v) is 3.71. The van der Waals surface area contributed by atoms with Crippen LogP contribution < -0.4 is 9.05 Å². The van der Waals surface area contributed by atoms with Crippen molar-refractivity contribution in [1.82, 2.24) is 0 Å². The Hall–Kier alpha value is -2.93. The van der Waals surface area contributed by atoms with Gasteiger partial charge in [-0.15, -0.1) is 0 Å². The van der Waals surface area contributed by atoms with E-state index in [-0.39, 0.29) is 22.9 Å². The van der Waals surface area contributed by atoms with E-state index in [0.29, 0.717) is 0 Å². The molecule has 0 radical (unpaired) electrons. The van der Waals surface area contributed by atoms with Crippen LogP contribution in [0.25, 0.3) is 0 Å². The van der Waals surface area contributed by atoms with Crippen molar-refractivity contribution in [3.8, 4) is 11.5 Å².